The number of hydrogen-bond acceptors (Lipinski definition) is 4. The molecule has 196 valence electrons. The van der Waals surface area contributed by atoms with Crippen LogP contribution in [0.1, 0.15) is 71.0 Å². The highest BCUT2D eigenvalue weighted by Crippen LogP contribution is 2.34. The Bertz CT molecular complexity index is 1010. The molecule has 0 saturated carbocycles. The molecule has 1 aromatic heterocycles. The van der Waals surface area contributed by atoms with Crippen LogP contribution in [0.5, 0.6) is 0 Å². The van der Waals surface area contributed by atoms with Crippen molar-refractivity contribution >= 4 is 17.4 Å². The summed E-state index contributed by atoms with van der Waals surface area (Å²) >= 11 is 6.36. The molecule has 1 aromatic carbocycles. The average molecular weight is 509 g/mol. The Morgan fingerprint density at radius 3 is 2.36 bits per heavy atom. The van der Waals surface area contributed by atoms with Crippen molar-refractivity contribution in [2.24, 2.45) is 11.8 Å². The van der Waals surface area contributed by atoms with Crippen molar-refractivity contribution < 1.29 is 0 Å². The zero-order valence-corrected chi connectivity index (χ0v) is 23.7. The van der Waals surface area contributed by atoms with Crippen LogP contribution in [0.25, 0.3) is 0 Å². The third-order valence-corrected chi connectivity index (χ3v) is 7.27. The molecule has 4 rings (SSSR count). The number of nitrogens with zero attached hydrogens (tertiary/aromatic N) is 2. The third-order valence-electron chi connectivity index (χ3n) is 6.93. The number of likely N-dealkylation sites (tertiary alicyclic amines) is 1. The van der Waals surface area contributed by atoms with Crippen LogP contribution in [-0.4, -0.2) is 35.1 Å². The zero-order valence-electron chi connectivity index (χ0n) is 23.0. The van der Waals surface area contributed by atoms with Crippen molar-refractivity contribution in [3.8, 4) is 0 Å². The maximum absolute atomic E-state index is 6.36. The van der Waals surface area contributed by atoms with Gasteiger partial charge in [0.25, 0.3) is 0 Å². The maximum Gasteiger partial charge on any atom is 0.126 e. The van der Waals surface area contributed by atoms with Crippen molar-refractivity contribution in [3.05, 3.63) is 82.7 Å². The van der Waals surface area contributed by atoms with E-state index in [4.69, 9.17) is 11.6 Å². The lowest BCUT2D eigenvalue weighted by molar-refractivity contribution is 0.128. The van der Waals surface area contributed by atoms with E-state index < -0.39 is 0 Å². The number of benzene rings is 1. The van der Waals surface area contributed by atoms with E-state index in [0.29, 0.717) is 23.9 Å². The molecule has 3 unspecified atom stereocenters. The van der Waals surface area contributed by atoms with Gasteiger partial charge in [-0.2, -0.15) is 0 Å². The summed E-state index contributed by atoms with van der Waals surface area (Å²) in [5, 5.41) is 7.96. The van der Waals surface area contributed by atoms with Crippen molar-refractivity contribution in [3.63, 3.8) is 0 Å². The van der Waals surface area contributed by atoms with Gasteiger partial charge in [0.05, 0.1) is 6.04 Å². The molecular weight excluding hydrogens is 464 g/mol. The number of anilines is 1. The average Bonchev–Trinajstić information content (AvgIpc) is 2.85. The van der Waals surface area contributed by atoms with E-state index in [1.54, 1.807) is 0 Å². The number of allylic oxidation sites excluding steroid dienone is 2. The SMILES string of the molecule is CC(C)C(c1ccccc1Cl)N1CCCCC1.Cc1ccnc(NC(C2=CC=CC(C)N2)C(C)C)c1. The monoisotopic (exact) mass is 508 g/mol. The number of halogens is 1. The predicted molar refractivity (Wildman–Crippen MR) is 155 cm³/mol. The van der Waals surface area contributed by atoms with Gasteiger partial charge >= 0.3 is 0 Å². The number of nitrogens with one attached hydrogen (secondary N) is 2. The predicted octanol–water partition coefficient (Wildman–Crippen LogP) is 7.78. The number of hydrogen-bond donors (Lipinski definition) is 2. The molecule has 4 nitrogen and oxygen atoms in total. The smallest absolute Gasteiger partial charge is 0.126 e. The van der Waals surface area contributed by atoms with Gasteiger partial charge in [0, 0.05) is 29.0 Å². The summed E-state index contributed by atoms with van der Waals surface area (Å²) < 4.78 is 0. The molecule has 1 fully saturated rings. The lowest BCUT2D eigenvalue weighted by Gasteiger charge is -2.37. The van der Waals surface area contributed by atoms with Crippen LogP contribution in [-0.2, 0) is 0 Å². The number of aromatic nitrogens is 1. The van der Waals surface area contributed by atoms with Gasteiger partial charge in [-0.15, -0.1) is 0 Å². The van der Waals surface area contributed by atoms with Crippen molar-refractivity contribution in [2.45, 2.75) is 78.9 Å². The molecule has 2 N–H and O–H groups in total. The summed E-state index contributed by atoms with van der Waals surface area (Å²) in [6, 6.07) is 13.5. The zero-order chi connectivity index (χ0) is 26.1. The standard InChI is InChI=1S/C16H23N3.C15H22ClN/c1-11(2)16(14-7-5-6-13(4)18-14)19-15-10-12(3)8-9-17-15;1-12(2)15(17-10-6-3-7-11-17)13-8-4-5-9-14(13)16/h5-11,13,16,18H,1-4H3,(H,17,19);4-5,8-9,12,15H,3,6-7,10-11H2,1-2H3. The van der Waals surface area contributed by atoms with Gasteiger partial charge < -0.3 is 10.6 Å². The second-order valence-electron chi connectivity index (χ2n) is 10.8. The minimum Gasteiger partial charge on any atom is -0.381 e. The molecule has 0 radical (unpaired) electrons. The summed E-state index contributed by atoms with van der Waals surface area (Å²) in [4.78, 5) is 7.00. The van der Waals surface area contributed by atoms with E-state index >= 15 is 0 Å². The number of aryl methyl sites for hydroxylation is 1. The van der Waals surface area contributed by atoms with E-state index in [2.05, 4.69) is 98.5 Å². The molecule has 0 bridgehead atoms. The summed E-state index contributed by atoms with van der Waals surface area (Å²) in [5.41, 5.74) is 3.75. The van der Waals surface area contributed by atoms with Gasteiger partial charge in [0.2, 0.25) is 0 Å². The highest BCUT2D eigenvalue weighted by Gasteiger charge is 2.26. The molecule has 3 atom stereocenters. The quantitative estimate of drug-likeness (QED) is 0.400. The molecule has 5 heteroatoms. The first kappa shape index (κ1) is 28.3. The Morgan fingerprint density at radius 1 is 1.03 bits per heavy atom. The molecular formula is C31H45ClN4. The van der Waals surface area contributed by atoms with E-state index in [9.17, 15) is 0 Å². The highest BCUT2D eigenvalue weighted by atomic mass is 35.5. The number of pyridine rings is 1. The van der Waals surface area contributed by atoms with Gasteiger partial charge in [-0.3, -0.25) is 4.90 Å². The van der Waals surface area contributed by atoms with Gasteiger partial charge in [0.1, 0.15) is 5.82 Å². The Balaban J connectivity index is 0.000000202. The second kappa shape index (κ2) is 13.9. The van der Waals surface area contributed by atoms with Crippen molar-refractivity contribution in [2.75, 3.05) is 18.4 Å². The maximum atomic E-state index is 6.36. The summed E-state index contributed by atoms with van der Waals surface area (Å²) in [5.74, 6) is 2.02. The van der Waals surface area contributed by atoms with Crippen LogP contribution in [0.4, 0.5) is 5.82 Å². The van der Waals surface area contributed by atoms with E-state index in [-0.39, 0.29) is 6.04 Å². The summed E-state index contributed by atoms with van der Waals surface area (Å²) in [6.07, 6.45) is 12.3. The second-order valence-corrected chi connectivity index (χ2v) is 11.2. The lowest BCUT2D eigenvalue weighted by Crippen LogP contribution is -2.39. The third kappa shape index (κ3) is 8.11. The molecule has 0 aliphatic carbocycles. The van der Waals surface area contributed by atoms with E-state index in [1.165, 1.54) is 49.2 Å². The number of piperidine rings is 1. The van der Waals surface area contributed by atoms with Crippen LogP contribution in [0.15, 0.2) is 66.5 Å². The number of rotatable bonds is 7. The minimum atomic E-state index is 0.252. The van der Waals surface area contributed by atoms with Gasteiger partial charge in [-0.1, -0.05) is 76.1 Å². The lowest BCUT2D eigenvalue weighted by atomic mass is 9.92. The van der Waals surface area contributed by atoms with E-state index in [0.717, 1.165) is 10.8 Å². The van der Waals surface area contributed by atoms with Crippen LogP contribution in [0, 0.1) is 18.8 Å². The molecule has 0 spiro atoms. The molecule has 2 aromatic rings. The largest absolute Gasteiger partial charge is 0.381 e. The van der Waals surface area contributed by atoms with Gasteiger partial charge in [-0.25, -0.2) is 4.98 Å². The Labute approximate surface area is 224 Å². The summed E-state index contributed by atoms with van der Waals surface area (Å²) in [6.45, 7) is 15.7. The summed E-state index contributed by atoms with van der Waals surface area (Å²) in [7, 11) is 0. The first-order chi connectivity index (χ1) is 17.3. The van der Waals surface area contributed by atoms with Crippen LogP contribution >= 0.6 is 11.6 Å². The van der Waals surface area contributed by atoms with E-state index in [1.807, 2.05) is 24.4 Å². The van der Waals surface area contributed by atoms with Gasteiger partial charge in [0.15, 0.2) is 0 Å². The molecule has 0 amide bonds. The van der Waals surface area contributed by atoms with Crippen LogP contribution in [0.2, 0.25) is 5.02 Å². The van der Waals surface area contributed by atoms with Gasteiger partial charge in [-0.05, 0) is 87.0 Å². The molecule has 2 aliphatic heterocycles. The fraction of sp³-hybridized carbons (Fsp3) is 0.516. The van der Waals surface area contributed by atoms with Crippen LogP contribution < -0.4 is 10.6 Å². The molecule has 1 saturated heterocycles. The molecule has 36 heavy (non-hydrogen) atoms. The van der Waals surface area contributed by atoms with Crippen LogP contribution in [0.3, 0.4) is 0 Å². The minimum absolute atomic E-state index is 0.252. The van der Waals surface area contributed by atoms with Crippen molar-refractivity contribution in [1.29, 1.82) is 0 Å². The highest BCUT2D eigenvalue weighted by molar-refractivity contribution is 6.31. The molecule has 3 heterocycles. The normalized spacial score (nSPS) is 19.7. The first-order valence-corrected chi connectivity index (χ1v) is 14.0. The Hall–Kier alpha value is -2.30. The Kier molecular flexibility index (Phi) is 10.9. The topological polar surface area (TPSA) is 40.2 Å². The fourth-order valence-corrected chi connectivity index (χ4v) is 5.39. The number of dihydropyridines is 1. The molecule has 2 aliphatic rings. The Morgan fingerprint density at radius 2 is 1.75 bits per heavy atom. The first-order valence-electron chi connectivity index (χ1n) is 13.6. The fourth-order valence-electron chi connectivity index (χ4n) is 5.15. The van der Waals surface area contributed by atoms with Crippen molar-refractivity contribution in [1.82, 2.24) is 15.2 Å².